The summed E-state index contributed by atoms with van der Waals surface area (Å²) in [6, 6.07) is 13.1. The lowest BCUT2D eigenvalue weighted by Gasteiger charge is -2.21. The fourth-order valence-corrected chi connectivity index (χ4v) is 2.93. The Kier molecular flexibility index (Phi) is 5.93. The number of benzene rings is 2. The van der Waals surface area contributed by atoms with E-state index < -0.39 is 0 Å². The van der Waals surface area contributed by atoms with E-state index in [4.69, 9.17) is 14.0 Å². The standard InChI is InChI=1S/C21H23N3O4/c1-5-24(21(25)19-16(26-3)10-7-11-17(19)27-4)13-18-22-20(23-28-18)15-9-6-8-14(2)12-15/h6-12H,5,13H2,1-4H3. The third-order valence-corrected chi connectivity index (χ3v) is 4.38. The molecule has 0 bridgehead atoms. The Morgan fingerprint density at radius 2 is 1.79 bits per heavy atom. The molecule has 0 fully saturated rings. The summed E-state index contributed by atoms with van der Waals surface area (Å²) in [5, 5.41) is 4.04. The molecule has 0 aliphatic heterocycles. The molecule has 0 aliphatic rings. The number of rotatable bonds is 7. The zero-order valence-corrected chi connectivity index (χ0v) is 16.4. The van der Waals surface area contributed by atoms with E-state index in [1.807, 2.05) is 38.1 Å². The van der Waals surface area contributed by atoms with Gasteiger partial charge in [-0.25, -0.2) is 0 Å². The predicted octanol–water partition coefficient (Wildman–Crippen LogP) is 3.72. The van der Waals surface area contributed by atoms with Crippen molar-refractivity contribution < 1.29 is 18.8 Å². The number of aromatic nitrogens is 2. The van der Waals surface area contributed by atoms with Gasteiger partial charge < -0.3 is 18.9 Å². The maximum absolute atomic E-state index is 13.1. The fourth-order valence-electron chi connectivity index (χ4n) is 2.93. The Labute approximate surface area is 163 Å². The molecule has 0 unspecified atom stereocenters. The van der Waals surface area contributed by atoms with Crippen LogP contribution in [0.1, 0.15) is 28.7 Å². The van der Waals surface area contributed by atoms with Gasteiger partial charge in [-0.05, 0) is 32.0 Å². The number of hydrogen-bond donors (Lipinski definition) is 0. The lowest BCUT2D eigenvalue weighted by molar-refractivity contribution is 0.0727. The first-order valence-corrected chi connectivity index (χ1v) is 8.97. The second kappa shape index (κ2) is 8.56. The van der Waals surface area contributed by atoms with Crippen LogP contribution < -0.4 is 9.47 Å². The topological polar surface area (TPSA) is 77.7 Å². The van der Waals surface area contributed by atoms with E-state index in [9.17, 15) is 4.79 Å². The summed E-state index contributed by atoms with van der Waals surface area (Å²) in [4.78, 5) is 19.2. The minimum absolute atomic E-state index is 0.190. The summed E-state index contributed by atoms with van der Waals surface area (Å²) >= 11 is 0. The van der Waals surface area contributed by atoms with Gasteiger partial charge in [0, 0.05) is 12.1 Å². The number of ether oxygens (including phenoxy) is 2. The minimum Gasteiger partial charge on any atom is -0.496 e. The van der Waals surface area contributed by atoms with Gasteiger partial charge in [0.05, 0.1) is 14.2 Å². The van der Waals surface area contributed by atoms with Crippen LogP contribution in [0.3, 0.4) is 0 Å². The van der Waals surface area contributed by atoms with E-state index in [2.05, 4.69) is 10.1 Å². The van der Waals surface area contributed by atoms with Gasteiger partial charge in [-0.2, -0.15) is 4.98 Å². The molecule has 7 heteroatoms. The Hall–Kier alpha value is -3.35. The van der Waals surface area contributed by atoms with Crippen molar-refractivity contribution in [2.24, 2.45) is 0 Å². The number of hydrogen-bond acceptors (Lipinski definition) is 6. The van der Waals surface area contributed by atoms with E-state index in [-0.39, 0.29) is 12.5 Å². The first kappa shape index (κ1) is 19.4. The quantitative estimate of drug-likeness (QED) is 0.621. The number of nitrogens with zero attached hydrogens (tertiary/aromatic N) is 3. The maximum Gasteiger partial charge on any atom is 0.261 e. The third-order valence-electron chi connectivity index (χ3n) is 4.38. The smallest absolute Gasteiger partial charge is 0.261 e. The predicted molar refractivity (Wildman–Crippen MR) is 104 cm³/mol. The molecule has 0 aliphatic carbocycles. The van der Waals surface area contributed by atoms with Gasteiger partial charge in [0.2, 0.25) is 11.7 Å². The van der Waals surface area contributed by atoms with E-state index >= 15 is 0 Å². The van der Waals surface area contributed by atoms with Gasteiger partial charge in [0.15, 0.2) is 0 Å². The summed E-state index contributed by atoms with van der Waals surface area (Å²) < 4.78 is 16.1. The van der Waals surface area contributed by atoms with Crippen LogP contribution in [0.2, 0.25) is 0 Å². The summed E-state index contributed by atoms with van der Waals surface area (Å²) in [5.41, 5.74) is 2.35. The maximum atomic E-state index is 13.1. The van der Waals surface area contributed by atoms with E-state index in [1.54, 1.807) is 23.1 Å². The summed E-state index contributed by atoms with van der Waals surface area (Å²) in [5.74, 6) is 1.53. The lowest BCUT2D eigenvalue weighted by Crippen LogP contribution is -2.31. The lowest BCUT2D eigenvalue weighted by atomic mass is 10.1. The molecule has 3 rings (SSSR count). The highest BCUT2D eigenvalue weighted by Gasteiger charge is 2.24. The van der Waals surface area contributed by atoms with Crippen LogP contribution in [0.4, 0.5) is 0 Å². The Morgan fingerprint density at radius 1 is 1.11 bits per heavy atom. The third kappa shape index (κ3) is 3.98. The van der Waals surface area contributed by atoms with Crippen molar-refractivity contribution in [3.8, 4) is 22.9 Å². The Balaban J connectivity index is 1.85. The van der Waals surface area contributed by atoms with Crippen molar-refractivity contribution >= 4 is 5.91 Å². The van der Waals surface area contributed by atoms with Crippen LogP contribution in [0.25, 0.3) is 11.4 Å². The number of aryl methyl sites for hydroxylation is 1. The highest BCUT2D eigenvalue weighted by molar-refractivity contribution is 5.99. The van der Waals surface area contributed by atoms with E-state index in [0.29, 0.717) is 35.3 Å². The zero-order valence-electron chi connectivity index (χ0n) is 16.4. The van der Waals surface area contributed by atoms with Crippen LogP contribution >= 0.6 is 0 Å². The van der Waals surface area contributed by atoms with Crippen molar-refractivity contribution in [3.05, 3.63) is 59.5 Å². The molecule has 1 heterocycles. The molecule has 3 aromatic rings. The normalized spacial score (nSPS) is 10.6. The molecule has 1 amide bonds. The van der Waals surface area contributed by atoms with Crippen LogP contribution in [0, 0.1) is 6.92 Å². The molecular weight excluding hydrogens is 358 g/mol. The van der Waals surface area contributed by atoms with Crippen LogP contribution in [0.15, 0.2) is 47.0 Å². The van der Waals surface area contributed by atoms with Gasteiger partial charge >= 0.3 is 0 Å². The fraction of sp³-hybridized carbons (Fsp3) is 0.286. The number of amides is 1. The highest BCUT2D eigenvalue weighted by Crippen LogP contribution is 2.30. The summed E-state index contributed by atoms with van der Waals surface area (Å²) in [6.07, 6.45) is 0. The molecule has 146 valence electrons. The van der Waals surface area contributed by atoms with Crippen LogP contribution in [-0.4, -0.2) is 41.7 Å². The highest BCUT2D eigenvalue weighted by atomic mass is 16.5. The van der Waals surface area contributed by atoms with Crippen LogP contribution in [0.5, 0.6) is 11.5 Å². The first-order chi connectivity index (χ1) is 13.6. The SMILES string of the molecule is CCN(Cc1nc(-c2cccc(C)c2)no1)C(=O)c1c(OC)cccc1OC. The molecule has 28 heavy (non-hydrogen) atoms. The molecule has 2 aromatic carbocycles. The Bertz CT molecular complexity index is 946. The molecule has 0 radical (unpaired) electrons. The van der Waals surface area contributed by atoms with E-state index in [0.717, 1.165) is 11.1 Å². The van der Waals surface area contributed by atoms with Crippen molar-refractivity contribution in [1.82, 2.24) is 15.0 Å². The van der Waals surface area contributed by atoms with Gasteiger partial charge in [-0.15, -0.1) is 0 Å². The average Bonchev–Trinajstić information content (AvgIpc) is 3.19. The van der Waals surface area contributed by atoms with Crippen molar-refractivity contribution in [2.75, 3.05) is 20.8 Å². The number of carbonyl (C=O) groups excluding carboxylic acids is 1. The van der Waals surface area contributed by atoms with Crippen molar-refractivity contribution in [3.63, 3.8) is 0 Å². The monoisotopic (exact) mass is 381 g/mol. The second-order valence-corrected chi connectivity index (χ2v) is 6.24. The molecule has 0 saturated heterocycles. The molecule has 0 spiro atoms. The molecule has 0 N–H and O–H groups in total. The van der Waals surface area contributed by atoms with Gasteiger partial charge in [-0.1, -0.05) is 35.0 Å². The van der Waals surface area contributed by atoms with E-state index in [1.165, 1.54) is 14.2 Å². The average molecular weight is 381 g/mol. The number of methoxy groups -OCH3 is 2. The molecular formula is C21H23N3O4. The van der Waals surface area contributed by atoms with Crippen molar-refractivity contribution in [2.45, 2.75) is 20.4 Å². The second-order valence-electron chi connectivity index (χ2n) is 6.24. The summed E-state index contributed by atoms with van der Waals surface area (Å²) in [6.45, 7) is 4.54. The minimum atomic E-state index is -0.230. The number of carbonyl (C=O) groups is 1. The van der Waals surface area contributed by atoms with Crippen molar-refractivity contribution in [1.29, 1.82) is 0 Å². The van der Waals surface area contributed by atoms with Gasteiger partial charge in [-0.3, -0.25) is 4.79 Å². The molecule has 1 aromatic heterocycles. The molecule has 0 saturated carbocycles. The largest absolute Gasteiger partial charge is 0.496 e. The van der Waals surface area contributed by atoms with Gasteiger partial charge in [0.1, 0.15) is 23.6 Å². The molecule has 0 atom stereocenters. The first-order valence-electron chi connectivity index (χ1n) is 8.97. The van der Waals surface area contributed by atoms with Gasteiger partial charge in [0.25, 0.3) is 5.91 Å². The zero-order chi connectivity index (χ0) is 20.1. The van der Waals surface area contributed by atoms with Crippen LogP contribution in [-0.2, 0) is 6.54 Å². The summed E-state index contributed by atoms with van der Waals surface area (Å²) in [7, 11) is 3.04. The Morgan fingerprint density at radius 3 is 2.39 bits per heavy atom. The molecule has 7 nitrogen and oxygen atoms in total.